The Morgan fingerprint density at radius 3 is 2.71 bits per heavy atom. The number of anilines is 1. The molecule has 0 amide bonds. The van der Waals surface area contributed by atoms with E-state index in [9.17, 15) is 0 Å². The van der Waals surface area contributed by atoms with E-state index in [4.69, 9.17) is 19.9 Å². The van der Waals surface area contributed by atoms with Crippen LogP contribution in [0.15, 0.2) is 36.4 Å². The van der Waals surface area contributed by atoms with Crippen molar-refractivity contribution in [2.75, 3.05) is 12.8 Å². The largest absolute Gasteiger partial charge is 0.493 e. The average Bonchev–Trinajstić information content (AvgIpc) is 2.35. The summed E-state index contributed by atoms with van der Waals surface area (Å²) in [6.07, 6.45) is 0. The number of hydrogen-bond acceptors (Lipinski definition) is 4. The Bertz CT molecular complexity index is 581. The SMILES string of the molecule is COc1cccc2c1Oc1cc(N)ccc1O2. The van der Waals surface area contributed by atoms with Crippen LogP contribution in [0, 0.1) is 0 Å². The van der Waals surface area contributed by atoms with Gasteiger partial charge in [-0.2, -0.15) is 0 Å². The topological polar surface area (TPSA) is 53.7 Å². The molecule has 0 aliphatic carbocycles. The van der Waals surface area contributed by atoms with Gasteiger partial charge in [0.2, 0.25) is 5.75 Å². The Morgan fingerprint density at radius 2 is 1.88 bits per heavy atom. The molecule has 0 radical (unpaired) electrons. The third-order valence-corrected chi connectivity index (χ3v) is 2.56. The molecule has 0 saturated carbocycles. The molecular weight excluding hydrogens is 218 g/mol. The zero-order valence-electron chi connectivity index (χ0n) is 9.27. The molecule has 4 heteroatoms. The van der Waals surface area contributed by atoms with Crippen molar-refractivity contribution in [3.05, 3.63) is 36.4 Å². The summed E-state index contributed by atoms with van der Waals surface area (Å²) in [5, 5.41) is 0. The first-order valence-corrected chi connectivity index (χ1v) is 5.20. The quantitative estimate of drug-likeness (QED) is 0.651. The molecular formula is C13H11NO3. The van der Waals surface area contributed by atoms with Crippen LogP contribution in [0.1, 0.15) is 0 Å². The summed E-state index contributed by atoms with van der Waals surface area (Å²) in [4.78, 5) is 0. The smallest absolute Gasteiger partial charge is 0.211 e. The number of nitrogens with two attached hydrogens (primary N) is 1. The van der Waals surface area contributed by atoms with Gasteiger partial charge in [-0.25, -0.2) is 0 Å². The molecule has 0 saturated heterocycles. The molecule has 0 fully saturated rings. The molecule has 1 aliphatic rings. The first-order chi connectivity index (χ1) is 8.28. The molecule has 3 rings (SSSR count). The van der Waals surface area contributed by atoms with Crippen LogP contribution < -0.4 is 19.9 Å². The van der Waals surface area contributed by atoms with E-state index in [1.165, 1.54) is 0 Å². The molecule has 2 aromatic rings. The number of rotatable bonds is 1. The summed E-state index contributed by atoms with van der Waals surface area (Å²) < 4.78 is 16.7. The van der Waals surface area contributed by atoms with Crippen LogP contribution in [-0.4, -0.2) is 7.11 Å². The van der Waals surface area contributed by atoms with E-state index in [0.717, 1.165) is 0 Å². The van der Waals surface area contributed by atoms with Gasteiger partial charge in [-0.05, 0) is 24.3 Å². The summed E-state index contributed by atoms with van der Waals surface area (Å²) in [6, 6.07) is 10.8. The standard InChI is InChI=1S/C13H11NO3/c1-15-10-3-2-4-11-13(10)17-12-7-8(14)5-6-9(12)16-11/h2-7H,14H2,1H3. The highest BCUT2D eigenvalue weighted by Crippen LogP contribution is 2.49. The Kier molecular flexibility index (Phi) is 2.08. The fourth-order valence-electron chi connectivity index (χ4n) is 1.75. The number of para-hydroxylation sites is 1. The van der Waals surface area contributed by atoms with Gasteiger partial charge in [0.05, 0.1) is 7.11 Å². The van der Waals surface area contributed by atoms with Gasteiger partial charge >= 0.3 is 0 Å². The molecule has 0 atom stereocenters. The number of methoxy groups -OCH3 is 1. The summed E-state index contributed by atoms with van der Waals surface area (Å²) in [6.45, 7) is 0. The maximum atomic E-state index is 5.75. The van der Waals surface area contributed by atoms with Crippen molar-refractivity contribution in [3.63, 3.8) is 0 Å². The molecule has 0 spiro atoms. The molecule has 4 nitrogen and oxygen atoms in total. The third-order valence-electron chi connectivity index (χ3n) is 2.56. The van der Waals surface area contributed by atoms with Gasteiger partial charge in [-0.1, -0.05) is 6.07 Å². The molecule has 0 unspecified atom stereocenters. The van der Waals surface area contributed by atoms with Crippen LogP contribution in [0.25, 0.3) is 0 Å². The van der Waals surface area contributed by atoms with Gasteiger partial charge in [0, 0.05) is 11.8 Å². The predicted octanol–water partition coefficient (Wildman–Crippen LogP) is 3.18. The molecule has 0 aromatic heterocycles. The molecule has 86 valence electrons. The minimum absolute atomic E-state index is 0.577. The summed E-state index contributed by atoms with van der Waals surface area (Å²) in [5.74, 6) is 3.10. The summed E-state index contributed by atoms with van der Waals surface area (Å²) >= 11 is 0. The van der Waals surface area contributed by atoms with Crippen LogP contribution in [-0.2, 0) is 0 Å². The lowest BCUT2D eigenvalue weighted by Crippen LogP contribution is -2.01. The maximum Gasteiger partial charge on any atom is 0.211 e. The molecule has 0 bridgehead atoms. The maximum absolute atomic E-state index is 5.75. The van der Waals surface area contributed by atoms with Gasteiger partial charge in [0.15, 0.2) is 23.0 Å². The van der Waals surface area contributed by atoms with Crippen molar-refractivity contribution in [3.8, 4) is 28.7 Å². The van der Waals surface area contributed by atoms with Gasteiger partial charge in [-0.3, -0.25) is 0 Å². The molecule has 17 heavy (non-hydrogen) atoms. The van der Waals surface area contributed by atoms with Crippen molar-refractivity contribution in [2.24, 2.45) is 0 Å². The van der Waals surface area contributed by atoms with Crippen LogP contribution in [0.2, 0.25) is 0 Å². The van der Waals surface area contributed by atoms with Crippen LogP contribution in [0.5, 0.6) is 28.7 Å². The first-order valence-electron chi connectivity index (χ1n) is 5.20. The Balaban J connectivity index is 2.11. The Labute approximate surface area is 98.5 Å². The minimum atomic E-state index is 0.577. The number of fused-ring (bicyclic) bond motifs is 2. The van der Waals surface area contributed by atoms with E-state index in [2.05, 4.69) is 0 Å². The second-order valence-electron chi connectivity index (χ2n) is 3.70. The van der Waals surface area contributed by atoms with Crippen LogP contribution >= 0.6 is 0 Å². The van der Waals surface area contributed by atoms with Crippen molar-refractivity contribution < 1.29 is 14.2 Å². The highest BCUT2D eigenvalue weighted by Gasteiger charge is 2.21. The van der Waals surface area contributed by atoms with E-state index in [1.54, 1.807) is 25.3 Å². The zero-order valence-corrected chi connectivity index (χ0v) is 9.27. The van der Waals surface area contributed by atoms with Gasteiger partial charge in [-0.15, -0.1) is 0 Å². The number of ether oxygens (including phenoxy) is 3. The van der Waals surface area contributed by atoms with E-state index < -0.39 is 0 Å². The van der Waals surface area contributed by atoms with Crippen molar-refractivity contribution in [1.82, 2.24) is 0 Å². The third kappa shape index (κ3) is 1.54. The van der Waals surface area contributed by atoms with Crippen LogP contribution in [0.4, 0.5) is 5.69 Å². The highest BCUT2D eigenvalue weighted by atomic mass is 16.6. The van der Waals surface area contributed by atoms with Crippen molar-refractivity contribution >= 4 is 5.69 Å². The normalized spacial score (nSPS) is 11.8. The summed E-state index contributed by atoms with van der Waals surface area (Å²) in [5.41, 5.74) is 6.34. The predicted molar refractivity (Wildman–Crippen MR) is 64.0 cm³/mol. The second-order valence-corrected chi connectivity index (χ2v) is 3.70. The zero-order chi connectivity index (χ0) is 11.8. The lowest BCUT2D eigenvalue weighted by Gasteiger charge is -2.22. The monoisotopic (exact) mass is 229 g/mol. The van der Waals surface area contributed by atoms with Gasteiger partial charge < -0.3 is 19.9 Å². The fourth-order valence-corrected chi connectivity index (χ4v) is 1.75. The van der Waals surface area contributed by atoms with Crippen molar-refractivity contribution in [2.45, 2.75) is 0 Å². The second kappa shape index (κ2) is 3.59. The molecule has 1 heterocycles. The Morgan fingerprint density at radius 1 is 1.00 bits per heavy atom. The molecule has 2 aromatic carbocycles. The highest BCUT2D eigenvalue weighted by molar-refractivity contribution is 5.62. The summed E-state index contributed by atoms with van der Waals surface area (Å²) in [7, 11) is 1.59. The lowest BCUT2D eigenvalue weighted by molar-refractivity contribution is 0.328. The molecule has 1 aliphatic heterocycles. The van der Waals surface area contributed by atoms with E-state index >= 15 is 0 Å². The average molecular weight is 229 g/mol. The van der Waals surface area contributed by atoms with Crippen molar-refractivity contribution in [1.29, 1.82) is 0 Å². The number of nitrogen functional groups attached to an aromatic ring is 1. The lowest BCUT2D eigenvalue weighted by atomic mass is 10.2. The Hall–Kier alpha value is -2.36. The minimum Gasteiger partial charge on any atom is -0.493 e. The van der Waals surface area contributed by atoms with Crippen LogP contribution in [0.3, 0.4) is 0 Å². The van der Waals surface area contributed by atoms with E-state index in [-0.39, 0.29) is 0 Å². The number of benzene rings is 2. The van der Waals surface area contributed by atoms with E-state index in [1.807, 2.05) is 18.2 Å². The van der Waals surface area contributed by atoms with E-state index in [0.29, 0.717) is 34.4 Å². The van der Waals surface area contributed by atoms with Gasteiger partial charge in [0.25, 0.3) is 0 Å². The number of hydrogen-bond donors (Lipinski definition) is 1. The fraction of sp³-hybridized carbons (Fsp3) is 0.0769. The molecule has 2 N–H and O–H groups in total. The first kappa shape index (κ1) is 9.84. The van der Waals surface area contributed by atoms with Gasteiger partial charge in [0.1, 0.15) is 0 Å².